The smallest absolute Gasteiger partial charge is 0.254 e. The number of aromatic nitrogens is 1. The topological polar surface area (TPSA) is 67.9 Å². The van der Waals surface area contributed by atoms with E-state index in [9.17, 15) is 9.59 Å². The molecule has 0 spiro atoms. The van der Waals surface area contributed by atoms with Crippen molar-refractivity contribution in [3.05, 3.63) is 78.0 Å². The van der Waals surface area contributed by atoms with Crippen LogP contribution in [0.1, 0.15) is 35.7 Å². The van der Waals surface area contributed by atoms with Gasteiger partial charge in [0.05, 0.1) is 26.5 Å². The number of aryl methyl sites for hydroxylation is 1. The molecule has 31 heavy (non-hydrogen) atoms. The molecule has 2 heterocycles. The highest BCUT2D eigenvalue weighted by molar-refractivity contribution is 5.97. The molecule has 164 valence electrons. The van der Waals surface area contributed by atoms with Gasteiger partial charge in [0.25, 0.3) is 5.91 Å². The summed E-state index contributed by atoms with van der Waals surface area (Å²) in [4.78, 5) is 29.8. The van der Waals surface area contributed by atoms with E-state index in [4.69, 9.17) is 9.15 Å². The van der Waals surface area contributed by atoms with Crippen molar-refractivity contribution in [2.75, 3.05) is 13.7 Å². The molecule has 0 aliphatic carbocycles. The van der Waals surface area contributed by atoms with Crippen molar-refractivity contribution in [3.63, 3.8) is 0 Å². The number of rotatable bonds is 9. The number of methoxy groups -OCH3 is 1. The minimum atomic E-state index is -0.209. The SMILES string of the molecule is COc1cccc(C(=O)N(CC(=O)N(Cc2ccco2)Cc2cccn2C)C(C)C)c1. The third-order valence-corrected chi connectivity index (χ3v) is 5.19. The predicted molar refractivity (Wildman–Crippen MR) is 118 cm³/mol. The Hall–Kier alpha value is -3.48. The first-order valence-electron chi connectivity index (χ1n) is 10.2. The van der Waals surface area contributed by atoms with Gasteiger partial charge in [-0.2, -0.15) is 0 Å². The lowest BCUT2D eigenvalue weighted by atomic mass is 10.1. The third kappa shape index (κ3) is 5.57. The maximum atomic E-state index is 13.3. The monoisotopic (exact) mass is 423 g/mol. The summed E-state index contributed by atoms with van der Waals surface area (Å²) in [5.41, 5.74) is 1.48. The first-order valence-corrected chi connectivity index (χ1v) is 10.2. The molecule has 2 aromatic heterocycles. The van der Waals surface area contributed by atoms with Crippen molar-refractivity contribution in [1.82, 2.24) is 14.4 Å². The number of carbonyl (C=O) groups is 2. The largest absolute Gasteiger partial charge is 0.497 e. The number of furan rings is 1. The Kier molecular flexibility index (Phi) is 7.18. The Labute approximate surface area is 182 Å². The molecule has 0 aliphatic rings. The molecular formula is C24H29N3O4. The second-order valence-corrected chi connectivity index (χ2v) is 7.70. The zero-order valence-corrected chi connectivity index (χ0v) is 18.4. The van der Waals surface area contributed by atoms with Gasteiger partial charge < -0.3 is 23.5 Å². The van der Waals surface area contributed by atoms with Crippen molar-refractivity contribution >= 4 is 11.8 Å². The molecule has 0 radical (unpaired) electrons. The number of nitrogens with zero attached hydrogens (tertiary/aromatic N) is 3. The second-order valence-electron chi connectivity index (χ2n) is 7.70. The summed E-state index contributed by atoms with van der Waals surface area (Å²) >= 11 is 0. The number of hydrogen-bond acceptors (Lipinski definition) is 4. The maximum absolute atomic E-state index is 13.3. The zero-order chi connectivity index (χ0) is 22.4. The van der Waals surface area contributed by atoms with Gasteiger partial charge in [-0.1, -0.05) is 6.07 Å². The fraction of sp³-hybridized carbons (Fsp3) is 0.333. The fourth-order valence-electron chi connectivity index (χ4n) is 3.34. The number of ether oxygens (including phenoxy) is 1. The molecule has 0 unspecified atom stereocenters. The normalized spacial score (nSPS) is 10.9. The molecule has 0 aliphatic heterocycles. The van der Waals surface area contributed by atoms with Gasteiger partial charge in [0.2, 0.25) is 5.91 Å². The van der Waals surface area contributed by atoms with Crippen LogP contribution >= 0.6 is 0 Å². The van der Waals surface area contributed by atoms with Gasteiger partial charge in [0.15, 0.2) is 0 Å². The number of hydrogen-bond donors (Lipinski definition) is 0. The highest BCUT2D eigenvalue weighted by atomic mass is 16.5. The van der Waals surface area contributed by atoms with Crippen LogP contribution in [-0.4, -0.2) is 45.9 Å². The van der Waals surface area contributed by atoms with E-state index in [2.05, 4.69) is 0 Å². The standard InChI is InChI=1S/C24H29N3O4/c1-18(2)27(24(29)19-8-5-10-21(14-19)30-4)17-23(28)26(16-22-11-7-13-31-22)15-20-9-6-12-25(20)3/h5-14,18H,15-17H2,1-4H3. The lowest BCUT2D eigenvalue weighted by Crippen LogP contribution is -2.45. The van der Waals surface area contributed by atoms with Crippen LogP contribution in [0.3, 0.4) is 0 Å². The summed E-state index contributed by atoms with van der Waals surface area (Å²) in [6.07, 6.45) is 3.53. The molecule has 0 saturated carbocycles. The lowest BCUT2D eigenvalue weighted by Gasteiger charge is -2.30. The van der Waals surface area contributed by atoms with Crippen molar-refractivity contribution in [2.24, 2.45) is 7.05 Å². The minimum absolute atomic E-state index is 0.0289. The summed E-state index contributed by atoms with van der Waals surface area (Å²) in [5, 5.41) is 0. The van der Waals surface area contributed by atoms with Crippen LogP contribution in [0, 0.1) is 0 Å². The van der Waals surface area contributed by atoms with Crippen LogP contribution in [0.2, 0.25) is 0 Å². The lowest BCUT2D eigenvalue weighted by molar-refractivity contribution is -0.133. The van der Waals surface area contributed by atoms with Crippen molar-refractivity contribution in [2.45, 2.75) is 33.0 Å². The van der Waals surface area contributed by atoms with Crippen LogP contribution in [0.15, 0.2) is 65.4 Å². The van der Waals surface area contributed by atoms with Crippen molar-refractivity contribution in [3.8, 4) is 5.75 Å². The Balaban J connectivity index is 1.81. The Morgan fingerprint density at radius 3 is 2.52 bits per heavy atom. The molecule has 3 rings (SSSR count). The third-order valence-electron chi connectivity index (χ3n) is 5.19. The van der Waals surface area contributed by atoms with Crippen molar-refractivity contribution < 1.29 is 18.7 Å². The first kappa shape index (κ1) is 22.2. The molecule has 0 atom stereocenters. The summed E-state index contributed by atoms with van der Waals surface area (Å²) in [6, 6.07) is 14.4. The van der Waals surface area contributed by atoms with Gasteiger partial charge in [0.1, 0.15) is 18.1 Å². The van der Waals surface area contributed by atoms with E-state index in [1.165, 1.54) is 0 Å². The van der Waals surface area contributed by atoms with E-state index in [1.54, 1.807) is 53.5 Å². The van der Waals surface area contributed by atoms with Crippen LogP contribution in [0.4, 0.5) is 0 Å². The van der Waals surface area contributed by atoms with E-state index >= 15 is 0 Å². The summed E-state index contributed by atoms with van der Waals surface area (Å²) in [6.45, 7) is 4.52. The van der Waals surface area contributed by atoms with Gasteiger partial charge in [-0.15, -0.1) is 0 Å². The van der Waals surface area contributed by atoms with Gasteiger partial charge in [-0.25, -0.2) is 0 Å². The molecule has 7 heteroatoms. The van der Waals surface area contributed by atoms with E-state index < -0.39 is 0 Å². The van der Waals surface area contributed by atoms with Gasteiger partial charge in [-0.05, 0) is 56.3 Å². The minimum Gasteiger partial charge on any atom is -0.497 e. The summed E-state index contributed by atoms with van der Waals surface area (Å²) < 4.78 is 12.7. The zero-order valence-electron chi connectivity index (χ0n) is 18.4. The molecule has 3 aromatic rings. The van der Waals surface area contributed by atoms with E-state index in [-0.39, 0.29) is 24.4 Å². The van der Waals surface area contributed by atoms with E-state index in [1.807, 2.05) is 49.9 Å². The highest BCUT2D eigenvalue weighted by Gasteiger charge is 2.25. The molecule has 1 aromatic carbocycles. The molecular weight excluding hydrogens is 394 g/mol. The summed E-state index contributed by atoms with van der Waals surface area (Å²) in [7, 11) is 3.50. The van der Waals surface area contributed by atoms with Crippen molar-refractivity contribution in [1.29, 1.82) is 0 Å². The van der Waals surface area contributed by atoms with Crippen LogP contribution in [0.25, 0.3) is 0 Å². The highest BCUT2D eigenvalue weighted by Crippen LogP contribution is 2.17. The molecule has 0 saturated heterocycles. The number of carbonyl (C=O) groups excluding carboxylic acids is 2. The second kappa shape index (κ2) is 10.0. The number of benzene rings is 1. The molecule has 7 nitrogen and oxygen atoms in total. The van der Waals surface area contributed by atoms with Gasteiger partial charge in [-0.3, -0.25) is 9.59 Å². The molecule has 0 fully saturated rings. The first-order chi connectivity index (χ1) is 14.9. The molecule has 0 N–H and O–H groups in total. The van der Waals surface area contributed by atoms with E-state index in [0.29, 0.717) is 30.2 Å². The predicted octanol–water partition coefficient (Wildman–Crippen LogP) is 3.71. The Morgan fingerprint density at radius 2 is 1.90 bits per heavy atom. The summed E-state index contributed by atoms with van der Waals surface area (Å²) in [5.74, 6) is 0.934. The average Bonchev–Trinajstić information content (AvgIpc) is 3.42. The van der Waals surface area contributed by atoms with Crippen LogP contribution in [-0.2, 0) is 24.9 Å². The average molecular weight is 424 g/mol. The molecule has 0 bridgehead atoms. The van der Waals surface area contributed by atoms with E-state index in [0.717, 1.165) is 5.69 Å². The van der Waals surface area contributed by atoms with Gasteiger partial charge in [0, 0.05) is 30.5 Å². The van der Waals surface area contributed by atoms with Crippen LogP contribution in [0.5, 0.6) is 5.75 Å². The maximum Gasteiger partial charge on any atom is 0.254 e. The fourth-order valence-corrected chi connectivity index (χ4v) is 3.34. The number of amides is 2. The Morgan fingerprint density at radius 1 is 1.10 bits per heavy atom. The molecule has 2 amide bonds. The quantitative estimate of drug-likeness (QED) is 0.526. The Bertz CT molecular complexity index is 1010. The van der Waals surface area contributed by atoms with Gasteiger partial charge >= 0.3 is 0 Å². The van der Waals surface area contributed by atoms with Crippen LogP contribution < -0.4 is 4.74 Å².